The molecule has 0 amide bonds. The van der Waals surface area contributed by atoms with Gasteiger partial charge >= 0.3 is 0 Å². The Morgan fingerprint density at radius 2 is 2.18 bits per heavy atom. The zero-order valence-electron chi connectivity index (χ0n) is 8.72. The Balaban J connectivity index is 2.25. The van der Waals surface area contributed by atoms with Gasteiger partial charge in [-0.25, -0.2) is 4.52 Å². The van der Waals surface area contributed by atoms with Crippen LogP contribution in [0.5, 0.6) is 0 Å². The van der Waals surface area contributed by atoms with E-state index < -0.39 is 0 Å². The summed E-state index contributed by atoms with van der Waals surface area (Å²) in [6.07, 6.45) is 3.26. The van der Waals surface area contributed by atoms with Crippen molar-refractivity contribution in [1.29, 1.82) is 0 Å². The molecule has 84 valence electrons. The average molecular weight is 246 g/mol. The number of nitrogens with zero attached hydrogens (tertiary/aromatic N) is 2. The smallest absolute Gasteiger partial charge is 0.273 e. The topological polar surface area (TPSA) is 50.2 Å². The molecule has 0 radical (unpaired) electrons. The lowest BCUT2D eigenvalue weighted by molar-refractivity contribution is 0.940. The number of benzene rings is 1. The molecule has 2 aromatic heterocycles. The highest BCUT2D eigenvalue weighted by atomic mass is 35.5. The van der Waals surface area contributed by atoms with E-state index in [1.54, 1.807) is 29.0 Å². The zero-order valence-corrected chi connectivity index (χ0v) is 9.48. The monoisotopic (exact) mass is 245 g/mol. The van der Waals surface area contributed by atoms with Crippen LogP contribution in [0.1, 0.15) is 0 Å². The maximum Gasteiger partial charge on any atom is 0.273 e. The van der Waals surface area contributed by atoms with Crippen LogP contribution in [0.4, 0.5) is 0 Å². The Hall–Kier alpha value is -2.07. The fourth-order valence-corrected chi connectivity index (χ4v) is 1.91. The molecule has 3 aromatic rings. The molecule has 0 bridgehead atoms. The number of nitrogens with one attached hydrogen (secondary N) is 1. The van der Waals surface area contributed by atoms with Gasteiger partial charge in [-0.2, -0.15) is 5.10 Å². The Morgan fingerprint density at radius 3 is 2.94 bits per heavy atom. The van der Waals surface area contributed by atoms with Crippen LogP contribution in [0, 0.1) is 0 Å². The minimum absolute atomic E-state index is 0.159. The van der Waals surface area contributed by atoms with E-state index in [0.29, 0.717) is 10.5 Å². The van der Waals surface area contributed by atoms with E-state index in [1.807, 2.05) is 18.2 Å². The summed E-state index contributed by atoms with van der Waals surface area (Å²) < 4.78 is 1.55. The van der Waals surface area contributed by atoms with Gasteiger partial charge in [0.25, 0.3) is 5.56 Å². The van der Waals surface area contributed by atoms with Gasteiger partial charge in [-0.05, 0) is 18.2 Å². The van der Waals surface area contributed by atoms with Gasteiger partial charge in [0.05, 0.1) is 5.69 Å². The van der Waals surface area contributed by atoms with E-state index in [-0.39, 0.29) is 5.56 Å². The Bertz CT molecular complexity index is 745. The molecule has 0 atom stereocenters. The Morgan fingerprint density at radius 1 is 1.29 bits per heavy atom. The number of H-pyrrole nitrogens is 1. The molecule has 0 aliphatic rings. The van der Waals surface area contributed by atoms with Crippen molar-refractivity contribution in [2.45, 2.75) is 0 Å². The van der Waals surface area contributed by atoms with E-state index in [0.717, 1.165) is 11.3 Å². The molecule has 0 saturated heterocycles. The summed E-state index contributed by atoms with van der Waals surface area (Å²) in [6.45, 7) is 0. The van der Waals surface area contributed by atoms with Gasteiger partial charge in [0, 0.05) is 23.0 Å². The quantitative estimate of drug-likeness (QED) is 0.715. The zero-order chi connectivity index (χ0) is 11.8. The molecule has 0 unspecified atom stereocenters. The molecule has 0 saturated carbocycles. The number of aromatic amines is 1. The number of rotatable bonds is 1. The molecule has 1 N–H and O–H groups in total. The molecule has 1 aromatic carbocycles. The van der Waals surface area contributed by atoms with Gasteiger partial charge in [0.15, 0.2) is 0 Å². The lowest BCUT2D eigenvalue weighted by Gasteiger charge is -1.95. The SMILES string of the molecule is O=c1[nH]ccn2nc(-c3cccc(Cl)c3)cc12. The van der Waals surface area contributed by atoms with Crippen LogP contribution in [0.3, 0.4) is 0 Å². The predicted molar refractivity (Wildman–Crippen MR) is 66.3 cm³/mol. The predicted octanol–water partition coefficient (Wildman–Crippen LogP) is 2.34. The maximum absolute atomic E-state index is 11.5. The largest absolute Gasteiger partial charge is 0.326 e. The third kappa shape index (κ3) is 1.72. The highest BCUT2D eigenvalue weighted by molar-refractivity contribution is 6.30. The van der Waals surface area contributed by atoms with Crippen LogP contribution in [0.2, 0.25) is 5.02 Å². The molecular weight excluding hydrogens is 238 g/mol. The van der Waals surface area contributed by atoms with Crippen molar-refractivity contribution < 1.29 is 0 Å². The fourth-order valence-electron chi connectivity index (χ4n) is 1.72. The van der Waals surface area contributed by atoms with Crippen LogP contribution in [0.25, 0.3) is 16.8 Å². The lowest BCUT2D eigenvalue weighted by atomic mass is 10.1. The lowest BCUT2D eigenvalue weighted by Crippen LogP contribution is -2.07. The molecule has 4 nitrogen and oxygen atoms in total. The van der Waals surface area contributed by atoms with E-state index in [2.05, 4.69) is 10.1 Å². The van der Waals surface area contributed by atoms with Crippen LogP contribution in [0.15, 0.2) is 47.5 Å². The molecule has 3 rings (SSSR count). The number of hydrogen-bond acceptors (Lipinski definition) is 2. The van der Waals surface area contributed by atoms with Gasteiger partial charge in [-0.3, -0.25) is 4.79 Å². The molecule has 0 fully saturated rings. The second-order valence-corrected chi connectivity index (χ2v) is 4.10. The fraction of sp³-hybridized carbons (Fsp3) is 0. The third-order valence-corrected chi connectivity index (χ3v) is 2.75. The first-order chi connectivity index (χ1) is 8.24. The van der Waals surface area contributed by atoms with E-state index in [1.165, 1.54) is 0 Å². The first-order valence-corrected chi connectivity index (χ1v) is 5.45. The van der Waals surface area contributed by atoms with Crippen molar-refractivity contribution in [2.24, 2.45) is 0 Å². The number of hydrogen-bond donors (Lipinski definition) is 1. The third-order valence-electron chi connectivity index (χ3n) is 2.52. The highest BCUT2D eigenvalue weighted by Gasteiger charge is 2.06. The summed E-state index contributed by atoms with van der Waals surface area (Å²) in [5.74, 6) is 0. The van der Waals surface area contributed by atoms with E-state index >= 15 is 0 Å². The van der Waals surface area contributed by atoms with Gasteiger partial charge in [0.2, 0.25) is 0 Å². The standard InChI is InChI=1S/C12H8ClN3O/c13-9-3-1-2-8(6-9)10-7-11-12(17)14-4-5-16(11)15-10/h1-7H,(H,14,17). The van der Waals surface area contributed by atoms with E-state index in [9.17, 15) is 4.79 Å². The first kappa shape index (κ1) is 10.1. The van der Waals surface area contributed by atoms with Crippen molar-refractivity contribution in [3.05, 3.63) is 58.1 Å². The minimum Gasteiger partial charge on any atom is -0.326 e. The van der Waals surface area contributed by atoms with Crippen molar-refractivity contribution in [3.8, 4) is 11.3 Å². The van der Waals surface area contributed by atoms with Gasteiger partial charge in [0.1, 0.15) is 5.52 Å². The van der Waals surface area contributed by atoms with Gasteiger partial charge in [-0.15, -0.1) is 0 Å². The second kappa shape index (κ2) is 3.75. The molecule has 0 aliphatic heterocycles. The Kier molecular flexibility index (Phi) is 2.23. The van der Waals surface area contributed by atoms with Crippen LogP contribution >= 0.6 is 11.6 Å². The van der Waals surface area contributed by atoms with Crippen molar-refractivity contribution >= 4 is 17.1 Å². The number of halogens is 1. The minimum atomic E-state index is -0.159. The molecule has 2 heterocycles. The summed E-state index contributed by atoms with van der Waals surface area (Å²) in [4.78, 5) is 14.2. The van der Waals surface area contributed by atoms with Crippen molar-refractivity contribution in [3.63, 3.8) is 0 Å². The molecule has 17 heavy (non-hydrogen) atoms. The second-order valence-electron chi connectivity index (χ2n) is 3.66. The summed E-state index contributed by atoms with van der Waals surface area (Å²) in [7, 11) is 0. The summed E-state index contributed by atoms with van der Waals surface area (Å²) in [5, 5.41) is 4.97. The summed E-state index contributed by atoms with van der Waals surface area (Å²) in [6, 6.07) is 9.11. The van der Waals surface area contributed by atoms with Gasteiger partial charge in [-0.1, -0.05) is 23.7 Å². The molecular formula is C12H8ClN3O. The normalized spacial score (nSPS) is 10.9. The van der Waals surface area contributed by atoms with Crippen LogP contribution in [-0.2, 0) is 0 Å². The number of aromatic nitrogens is 3. The molecule has 0 aliphatic carbocycles. The van der Waals surface area contributed by atoms with Crippen LogP contribution < -0.4 is 5.56 Å². The highest BCUT2D eigenvalue weighted by Crippen LogP contribution is 2.21. The Labute approximate surface area is 101 Å². The van der Waals surface area contributed by atoms with Crippen LogP contribution in [-0.4, -0.2) is 14.6 Å². The maximum atomic E-state index is 11.5. The van der Waals surface area contributed by atoms with E-state index in [4.69, 9.17) is 11.6 Å². The van der Waals surface area contributed by atoms with Crippen molar-refractivity contribution in [2.75, 3.05) is 0 Å². The van der Waals surface area contributed by atoms with Crippen molar-refractivity contribution in [1.82, 2.24) is 14.6 Å². The summed E-state index contributed by atoms with van der Waals surface area (Å²) >= 11 is 5.92. The molecule has 5 heteroatoms. The average Bonchev–Trinajstić information content (AvgIpc) is 2.74. The number of fused-ring (bicyclic) bond motifs is 1. The first-order valence-electron chi connectivity index (χ1n) is 5.07. The molecule has 0 spiro atoms. The summed E-state index contributed by atoms with van der Waals surface area (Å²) in [5.41, 5.74) is 1.97. The van der Waals surface area contributed by atoms with Gasteiger partial charge < -0.3 is 4.98 Å².